The average molecular weight is 387 g/mol. The highest BCUT2D eigenvalue weighted by molar-refractivity contribution is 6.39. The van der Waals surface area contributed by atoms with Crippen LogP contribution in [-0.2, 0) is 0 Å². The second kappa shape index (κ2) is 6.43. The van der Waals surface area contributed by atoms with Crippen molar-refractivity contribution in [3.05, 3.63) is 51.5 Å². The van der Waals surface area contributed by atoms with E-state index in [4.69, 9.17) is 23.2 Å². The predicted molar refractivity (Wildman–Crippen MR) is 82.9 cm³/mol. The summed E-state index contributed by atoms with van der Waals surface area (Å²) in [7, 11) is 0. The minimum atomic E-state index is -1.93. The molecule has 10 heteroatoms. The van der Waals surface area contributed by atoms with Crippen LogP contribution in [0.2, 0.25) is 10.0 Å². The number of benzene rings is 2. The van der Waals surface area contributed by atoms with Crippen LogP contribution < -0.4 is 5.32 Å². The van der Waals surface area contributed by atoms with Gasteiger partial charge in [-0.25, -0.2) is 22.5 Å². The maximum Gasteiger partial charge on any atom is 0.205 e. The van der Waals surface area contributed by atoms with E-state index in [1.54, 1.807) is 6.07 Å². The van der Waals surface area contributed by atoms with E-state index in [2.05, 4.69) is 15.3 Å². The first-order valence-corrected chi connectivity index (χ1v) is 6.58. The summed E-state index contributed by atoms with van der Waals surface area (Å²) < 4.78 is 53.6. The second-order valence-corrected chi connectivity index (χ2v) is 5.10. The van der Waals surface area contributed by atoms with E-state index in [9.17, 15) is 17.6 Å². The summed E-state index contributed by atoms with van der Waals surface area (Å²) in [4.78, 5) is 5.96. The van der Waals surface area contributed by atoms with Gasteiger partial charge in [-0.2, -0.15) is 0 Å². The lowest BCUT2D eigenvalue weighted by molar-refractivity contribution is 0.417. The highest BCUT2D eigenvalue weighted by Gasteiger charge is 2.23. The normalized spacial score (nSPS) is 10.7. The summed E-state index contributed by atoms with van der Waals surface area (Å²) in [6.07, 6.45) is 0. The number of rotatable bonds is 2. The van der Waals surface area contributed by atoms with Crippen molar-refractivity contribution in [3.63, 3.8) is 0 Å². The Bertz CT molecular complexity index is 833. The van der Waals surface area contributed by atoms with Crippen LogP contribution in [0.5, 0.6) is 0 Å². The molecule has 0 saturated heterocycles. The lowest BCUT2D eigenvalue weighted by Gasteiger charge is -2.06. The van der Waals surface area contributed by atoms with Gasteiger partial charge in [0.25, 0.3) is 0 Å². The van der Waals surface area contributed by atoms with Crippen LogP contribution in [-0.4, -0.2) is 9.97 Å². The number of aromatic nitrogens is 2. The zero-order valence-corrected chi connectivity index (χ0v) is 13.2. The van der Waals surface area contributed by atoms with Crippen LogP contribution in [0.15, 0.2) is 18.2 Å². The fraction of sp³-hybridized carbons (Fsp3) is 0. The van der Waals surface area contributed by atoms with Crippen molar-refractivity contribution in [2.75, 3.05) is 5.32 Å². The van der Waals surface area contributed by atoms with Crippen LogP contribution >= 0.6 is 35.6 Å². The van der Waals surface area contributed by atoms with Crippen LogP contribution in [0, 0.1) is 23.3 Å². The summed E-state index contributed by atoms with van der Waals surface area (Å²) in [5, 5.41) is 3.07. The molecule has 23 heavy (non-hydrogen) atoms. The third kappa shape index (κ3) is 2.91. The number of fused-ring (bicyclic) bond motifs is 1. The van der Waals surface area contributed by atoms with Crippen molar-refractivity contribution >= 4 is 58.3 Å². The monoisotopic (exact) mass is 385 g/mol. The molecule has 0 bridgehead atoms. The Morgan fingerprint density at radius 1 is 0.913 bits per heavy atom. The third-order valence-corrected chi connectivity index (χ3v) is 3.55. The minimum Gasteiger partial charge on any atom is -0.323 e. The number of anilines is 2. The van der Waals surface area contributed by atoms with Crippen molar-refractivity contribution in [1.82, 2.24) is 9.97 Å². The first-order chi connectivity index (χ1) is 10.4. The molecule has 0 spiro atoms. The van der Waals surface area contributed by atoms with E-state index < -0.39 is 34.3 Å². The SMILES string of the molecule is Cl.Fc1c(F)c(F)c2[nH]c(Nc3c(Cl)cccc3Cl)nc2c1F. The molecule has 0 fully saturated rings. The first-order valence-electron chi connectivity index (χ1n) is 5.83. The Morgan fingerprint density at radius 3 is 2.09 bits per heavy atom. The molecule has 0 unspecified atom stereocenters. The first kappa shape index (κ1) is 17.7. The summed E-state index contributed by atoms with van der Waals surface area (Å²) >= 11 is 11.9. The molecule has 0 atom stereocenters. The number of halogens is 7. The van der Waals surface area contributed by atoms with Crippen molar-refractivity contribution in [2.45, 2.75) is 0 Å². The summed E-state index contributed by atoms with van der Waals surface area (Å²) in [5.74, 6) is -7.19. The van der Waals surface area contributed by atoms with Gasteiger partial charge in [0.15, 0.2) is 23.3 Å². The van der Waals surface area contributed by atoms with Crippen molar-refractivity contribution in [2.24, 2.45) is 0 Å². The number of imidazole rings is 1. The zero-order valence-electron chi connectivity index (χ0n) is 10.9. The van der Waals surface area contributed by atoms with Gasteiger partial charge in [0.2, 0.25) is 5.95 Å². The zero-order chi connectivity index (χ0) is 16.0. The van der Waals surface area contributed by atoms with Gasteiger partial charge in [0.1, 0.15) is 11.0 Å². The number of hydrogen-bond donors (Lipinski definition) is 2. The molecule has 1 aromatic heterocycles. The molecule has 0 radical (unpaired) electrons. The fourth-order valence-corrected chi connectivity index (χ4v) is 2.38. The lowest BCUT2D eigenvalue weighted by Crippen LogP contribution is -1.97. The number of aromatic amines is 1. The highest BCUT2D eigenvalue weighted by atomic mass is 35.5. The van der Waals surface area contributed by atoms with Gasteiger partial charge < -0.3 is 10.3 Å². The molecule has 3 rings (SSSR count). The van der Waals surface area contributed by atoms with Gasteiger partial charge in [-0.3, -0.25) is 0 Å². The van der Waals surface area contributed by atoms with E-state index in [0.29, 0.717) is 0 Å². The Balaban J connectivity index is 0.00000192. The standard InChI is InChI=1S/C13H5Cl2F4N3.ClH/c14-4-2-1-3-5(15)10(4)20-13-21-11-8(18)6(16)7(17)9(19)12(11)22-13;/h1-3H,(H2,20,21,22);1H. The number of nitrogens with one attached hydrogen (secondary N) is 2. The van der Waals surface area contributed by atoms with E-state index in [0.717, 1.165) is 0 Å². The molecular weight excluding hydrogens is 381 g/mol. The van der Waals surface area contributed by atoms with Gasteiger partial charge in [-0.05, 0) is 12.1 Å². The van der Waals surface area contributed by atoms with Gasteiger partial charge in [-0.15, -0.1) is 12.4 Å². The average Bonchev–Trinajstić information content (AvgIpc) is 2.91. The molecule has 0 saturated carbocycles. The molecule has 2 N–H and O–H groups in total. The summed E-state index contributed by atoms with van der Waals surface area (Å²) in [6, 6.07) is 4.65. The maximum atomic E-state index is 13.6. The molecule has 3 nitrogen and oxygen atoms in total. The van der Waals surface area contributed by atoms with Gasteiger partial charge in [-0.1, -0.05) is 29.3 Å². The van der Waals surface area contributed by atoms with Gasteiger partial charge in [0, 0.05) is 0 Å². The van der Waals surface area contributed by atoms with Crippen LogP contribution in [0.25, 0.3) is 11.0 Å². The Morgan fingerprint density at radius 2 is 1.48 bits per heavy atom. The summed E-state index contributed by atoms with van der Waals surface area (Å²) in [6.45, 7) is 0. The number of hydrogen-bond acceptors (Lipinski definition) is 2. The largest absolute Gasteiger partial charge is 0.323 e. The van der Waals surface area contributed by atoms with Crippen LogP contribution in [0.4, 0.5) is 29.2 Å². The fourth-order valence-electron chi connectivity index (χ4n) is 1.89. The quantitative estimate of drug-likeness (QED) is 0.342. The predicted octanol–water partition coefficient (Wildman–Crippen LogP) is 5.59. The number of para-hydroxylation sites is 1. The smallest absolute Gasteiger partial charge is 0.205 e. The molecule has 3 aromatic rings. The Labute approximate surface area is 143 Å². The molecule has 0 amide bonds. The molecule has 0 aliphatic heterocycles. The summed E-state index contributed by atoms with van der Waals surface area (Å²) in [5.41, 5.74) is -1.06. The molecular formula is C13H6Cl3F4N3. The van der Waals surface area contributed by atoms with Crippen molar-refractivity contribution in [1.29, 1.82) is 0 Å². The van der Waals surface area contributed by atoms with Crippen molar-refractivity contribution in [3.8, 4) is 0 Å². The molecule has 0 aliphatic carbocycles. The molecule has 0 aliphatic rings. The third-order valence-electron chi connectivity index (χ3n) is 2.92. The lowest BCUT2D eigenvalue weighted by atomic mass is 10.2. The van der Waals surface area contributed by atoms with Gasteiger partial charge in [0.05, 0.1) is 15.7 Å². The topological polar surface area (TPSA) is 40.7 Å². The van der Waals surface area contributed by atoms with E-state index in [1.807, 2.05) is 0 Å². The number of H-pyrrole nitrogens is 1. The van der Waals surface area contributed by atoms with E-state index in [-0.39, 0.29) is 34.1 Å². The van der Waals surface area contributed by atoms with E-state index in [1.165, 1.54) is 12.1 Å². The van der Waals surface area contributed by atoms with Crippen LogP contribution in [0.3, 0.4) is 0 Å². The van der Waals surface area contributed by atoms with Gasteiger partial charge >= 0.3 is 0 Å². The Kier molecular flexibility index (Phi) is 4.93. The second-order valence-electron chi connectivity index (χ2n) is 4.29. The van der Waals surface area contributed by atoms with E-state index >= 15 is 0 Å². The minimum absolute atomic E-state index is 0. The molecule has 122 valence electrons. The molecule has 1 heterocycles. The van der Waals surface area contributed by atoms with Crippen LogP contribution in [0.1, 0.15) is 0 Å². The maximum absolute atomic E-state index is 13.6. The Hall–Kier alpha value is -1.70. The van der Waals surface area contributed by atoms with Crippen molar-refractivity contribution < 1.29 is 17.6 Å². The molecule has 2 aromatic carbocycles. The highest BCUT2D eigenvalue weighted by Crippen LogP contribution is 2.33. The number of nitrogens with zero attached hydrogens (tertiary/aromatic N) is 1.